The average molecular weight is 355 g/mol. The lowest BCUT2D eigenvalue weighted by atomic mass is 10.1. The van der Waals surface area contributed by atoms with Crippen molar-refractivity contribution in [3.05, 3.63) is 64.1 Å². The first-order valence-electron chi connectivity index (χ1n) is 7.42. The van der Waals surface area contributed by atoms with Gasteiger partial charge in [0.05, 0.1) is 22.5 Å². The summed E-state index contributed by atoms with van der Waals surface area (Å²) in [7, 11) is 0. The van der Waals surface area contributed by atoms with E-state index in [2.05, 4.69) is 9.97 Å². The molecule has 8 heteroatoms. The maximum absolute atomic E-state index is 12.9. The first-order valence-corrected chi connectivity index (χ1v) is 7.42. The van der Waals surface area contributed by atoms with Crippen LogP contribution in [-0.2, 0) is 6.18 Å². The van der Waals surface area contributed by atoms with Crippen LogP contribution < -0.4 is 5.43 Å². The van der Waals surface area contributed by atoms with E-state index in [4.69, 9.17) is 4.42 Å². The van der Waals surface area contributed by atoms with Crippen molar-refractivity contribution in [2.75, 3.05) is 0 Å². The molecule has 4 rings (SSSR count). The van der Waals surface area contributed by atoms with E-state index in [1.54, 1.807) is 24.3 Å². The molecule has 0 unspecified atom stereocenters. The predicted octanol–water partition coefficient (Wildman–Crippen LogP) is 4.23. The molecule has 0 aliphatic heterocycles. The Morgan fingerprint density at radius 1 is 1.15 bits per heavy atom. The largest absolute Gasteiger partial charge is 0.453 e. The second-order valence-electron chi connectivity index (χ2n) is 5.55. The summed E-state index contributed by atoms with van der Waals surface area (Å²) in [5.74, 6) is -1.09. The van der Waals surface area contributed by atoms with E-state index < -0.39 is 17.4 Å². The highest BCUT2D eigenvalue weighted by Gasteiger charge is 2.35. The number of nitriles is 1. The first-order chi connectivity index (χ1) is 12.4. The van der Waals surface area contributed by atoms with Gasteiger partial charge < -0.3 is 9.40 Å². The van der Waals surface area contributed by atoms with E-state index in [9.17, 15) is 23.2 Å². The molecule has 0 aliphatic rings. The number of halogens is 3. The topological polar surface area (TPSA) is 82.7 Å². The van der Waals surface area contributed by atoms with Crippen LogP contribution in [0.3, 0.4) is 0 Å². The molecule has 0 radical (unpaired) electrons. The quantitative estimate of drug-likeness (QED) is 0.554. The Labute approximate surface area is 143 Å². The minimum absolute atomic E-state index is 0.0653. The maximum atomic E-state index is 12.9. The van der Waals surface area contributed by atoms with Crippen molar-refractivity contribution in [1.29, 1.82) is 5.26 Å². The Balaban J connectivity index is 2.07. The molecule has 1 N–H and O–H groups in total. The highest BCUT2D eigenvalue weighted by atomic mass is 19.4. The lowest BCUT2D eigenvalue weighted by Crippen LogP contribution is -2.06. The van der Waals surface area contributed by atoms with Crippen molar-refractivity contribution >= 4 is 22.0 Å². The van der Waals surface area contributed by atoms with Gasteiger partial charge in [0.1, 0.15) is 11.3 Å². The molecule has 0 spiro atoms. The van der Waals surface area contributed by atoms with E-state index in [0.29, 0.717) is 5.56 Å². The number of nitrogens with zero attached hydrogens (tertiary/aromatic N) is 2. The average Bonchev–Trinajstić information content (AvgIpc) is 3.06. The van der Waals surface area contributed by atoms with Crippen LogP contribution in [0.5, 0.6) is 0 Å². The molecule has 128 valence electrons. The third-order valence-electron chi connectivity index (χ3n) is 3.93. The zero-order valence-corrected chi connectivity index (χ0v) is 12.9. The smallest absolute Gasteiger partial charge is 0.449 e. The number of fused-ring (bicyclic) bond motifs is 3. The third-order valence-corrected chi connectivity index (χ3v) is 3.93. The van der Waals surface area contributed by atoms with Gasteiger partial charge in [-0.1, -0.05) is 12.1 Å². The Bertz CT molecular complexity index is 1260. The minimum Gasteiger partial charge on any atom is -0.453 e. The molecule has 0 saturated heterocycles. The maximum Gasteiger partial charge on any atom is 0.449 e. The number of nitrogens with one attached hydrogen (secondary N) is 1. The summed E-state index contributed by atoms with van der Waals surface area (Å²) in [6, 6.07) is 12.4. The van der Waals surface area contributed by atoms with Gasteiger partial charge >= 0.3 is 6.18 Å². The summed E-state index contributed by atoms with van der Waals surface area (Å²) in [5.41, 5.74) is 0.150. The summed E-state index contributed by atoms with van der Waals surface area (Å²) in [4.78, 5) is 18.1. The van der Waals surface area contributed by atoms with Gasteiger partial charge in [0.2, 0.25) is 5.82 Å². The molecule has 0 bridgehead atoms. The summed E-state index contributed by atoms with van der Waals surface area (Å²) >= 11 is 0. The van der Waals surface area contributed by atoms with Gasteiger partial charge in [0.15, 0.2) is 11.0 Å². The van der Waals surface area contributed by atoms with Crippen LogP contribution in [0.2, 0.25) is 0 Å². The van der Waals surface area contributed by atoms with Gasteiger partial charge in [-0.2, -0.15) is 18.4 Å². The van der Waals surface area contributed by atoms with Gasteiger partial charge in [-0.3, -0.25) is 4.79 Å². The van der Waals surface area contributed by atoms with E-state index in [1.807, 2.05) is 6.07 Å². The molecule has 0 saturated carbocycles. The molecular weight excluding hydrogens is 347 g/mol. The van der Waals surface area contributed by atoms with Crippen LogP contribution in [0.15, 0.2) is 51.7 Å². The molecule has 2 heterocycles. The van der Waals surface area contributed by atoms with Gasteiger partial charge in [0, 0.05) is 11.6 Å². The molecule has 2 aromatic carbocycles. The number of hydrogen-bond acceptors (Lipinski definition) is 4. The number of hydrogen-bond donors (Lipinski definition) is 1. The normalized spacial score (nSPS) is 11.8. The second kappa shape index (κ2) is 5.46. The van der Waals surface area contributed by atoms with Crippen molar-refractivity contribution in [3.8, 4) is 17.4 Å². The summed E-state index contributed by atoms with van der Waals surface area (Å²) in [5, 5.41) is 9.32. The Morgan fingerprint density at radius 2 is 1.92 bits per heavy atom. The fourth-order valence-corrected chi connectivity index (χ4v) is 2.75. The zero-order valence-electron chi connectivity index (χ0n) is 12.9. The molecule has 0 fully saturated rings. The number of H-pyrrole nitrogens is 1. The van der Waals surface area contributed by atoms with Gasteiger partial charge in [0.25, 0.3) is 0 Å². The Hall–Kier alpha value is -3.60. The third kappa shape index (κ3) is 2.41. The molecule has 26 heavy (non-hydrogen) atoms. The van der Waals surface area contributed by atoms with Crippen molar-refractivity contribution in [1.82, 2.24) is 9.97 Å². The number of rotatable bonds is 1. The molecule has 5 nitrogen and oxygen atoms in total. The fraction of sp³-hybridized carbons (Fsp3) is 0.0556. The summed E-state index contributed by atoms with van der Waals surface area (Å²) in [6.45, 7) is 0. The van der Waals surface area contributed by atoms with Crippen molar-refractivity contribution < 1.29 is 17.6 Å². The van der Waals surface area contributed by atoms with Gasteiger partial charge in [-0.05, 0) is 24.3 Å². The fourth-order valence-electron chi connectivity index (χ4n) is 2.75. The highest BCUT2D eigenvalue weighted by molar-refractivity contribution is 6.00. The van der Waals surface area contributed by atoms with Crippen LogP contribution in [0.25, 0.3) is 33.3 Å². The van der Waals surface area contributed by atoms with Crippen LogP contribution in [-0.4, -0.2) is 9.97 Å². The van der Waals surface area contributed by atoms with E-state index in [-0.39, 0.29) is 33.3 Å². The second-order valence-corrected chi connectivity index (χ2v) is 5.55. The standard InChI is InChI=1S/C18H8F3N3O2/c19-18(20,21)17-23-12-6-5-11-13(25)7-14(26-16(11)15(12)24-17)10-4-2-1-3-9(10)8-22/h1-7H,(H,23,24). The summed E-state index contributed by atoms with van der Waals surface area (Å²) in [6.07, 6.45) is -4.66. The number of aromatic nitrogens is 2. The zero-order chi connectivity index (χ0) is 18.5. The first kappa shape index (κ1) is 15.9. The van der Waals surface area contributed by atoms with Gasteiger partial charge in [-0.15, -0.1) is 0 Å². The summed E-state index contributed by atoms with van der Waals surface area (Å²) < 4.78 is 44.5. The van der Waals surface area contributed by atoms with Gasteiger partial charge in [-0.25, -0.2) is 4.98 Å². The number of aromatic amines is 1. The monoisotopic (exact) mass is 355 g/mol. The molecular formula is C18H8F3N3O2. The molecule has 2 aromatic heterocycles. The lowest BCUT2D eigenvalue weighted by molar-refractivity contribution is -0.144. The van der Waals surface area contributed by atoms with Crippen LogP contribution in [0.4, 0.5) is 13.2 Å². The molecule has 0 atom stereocenters. The Morgan fingerprint density at radius 3 is 2.65 bits per heavy atom. The van der Waals surface area contributed by atoms with E-state index in [1.165, 1.54) is 18.2 Å². The van der Waals surface area contributed by atoms with Crippen molar-refractivity contribution in [2.45, 2.75) is 6.18 Å². The highest BCUT2D eigenvalue weighted by Crippen LogP contribution is 2.32. The lowest BCUT2D eigenvalue weighted by Gasteiger charge is -2.05. The van der Waals surface area contributed by atoms with Crippen LogP contribution in [0, 0.1) is 11.3 Å². The van der Waals surface area contributed by atoms with E-state index >= 15 is 0 Å². The molecule has 4 aromatic rings. The van der Waals surface area contributed by atoms with E-state index in [0.717, 1.165) is 0 Å². The van der Waals surface area contributed by atoms with Crippen molar-refractivity contribution in [2.24, 2.45) is 0 Å². The number of alkyl halides is 3. The number of benzene rings is 2. The van der Waals surface area contributed by atoms with Crippen molar-refractivity contribution in [3.63, 3.8) is 0 Å². The SMILES string of the molecule is N#Cc1ccccc1-c1cc(=O)c2ccc3[nH]c(C(F)(F)F)nc3c2o1. The minimum atomic E-state index is -4.66. The van der Waals surface area contributed by atoms with Crippen LogP contribution >= 0.6 is 0 Å². The van der Waals surface area contributed by atoms with Crippen LogP contribution in [0.1, 0.15) is 11.4 Å². The Kier molecular flexibility index (Phi) is 3.34. The predicted molar refractivity (Wildman–Crippen MR) is 87.3 cm³/mol. The molecule has 0 aliphatic carbocycles. The molecule has 0 amide bonds. The number of imidazole rings is 1.